The number of hydrogen-bond acceptors (Lipinski definition) is 3. The Balaban J connectivity index is 1.47. The van der Waals surface area contributed by atoms with E-state index in [0.717, 1.165) is 30.9 Å². The molecule has 2 aliphatic heterocycles. The molecule has 2 saturated heterocycles. The second-order valence-electron chi connectivity index (χ2n) is 6.34. The molecule has 0 spiro atoms. The maximum absolute atomic E-state index is 5.97. The number of ether oxygens (including phenoxy) is 1. The molecular formula is C17H26N2O. The third-order valence-electron chi connectivity index (χ3n) is 4.68. The molecule has 2 fully saturated rings. The van der Waals surface area contributed by atoms with Crippen molar-refractivity contribution >= 4 is 0 Å². The van der Waals surface area contributed by atoms with Crippen molar-refractivity contribution < 1.29 is 4.74 Å². The summed E-state index contributed by atoms with van der Waals surface area (Å²) < 4.78 is 5.97. The van der Waals surface area contributed by atoms with Crippen molar-refractivity contribution in [3.63, 3.8) is 0 Å². The maximum Gasteiger partial charge on any atom is 0.122 e. The quantitative estimate of drug-likeness (QED) is 0.912. The summed E-state index contributed by atoms with van der Waals surface area (Å²) in [6, 6.07) is 7.14. The number of fused-ring (bicyclic) bond motifs is 1. The summed E-state index contributed by atoms with van der Waals surface area (Å²) in [4.78, 5) is 2.55. The Kier molecular flexibility index (Phi) is 4.27. The van der Waals surface area contributed by atoms with E-state index in [2.05, 4.69) is 42.3 Å². The molecule has 2 heterocycles. The number of aryl methyl sites for hydroxylation is 2. The average Bonchev–Trinajstić information content (AvgIpc) is 2.85. The Hall–Kier alpha value is -1.06. The number of nitrogens with one attached hydrogen (secondary N) is 1. The monoisotopic (exact) mass is 274 g/mol. The molecule has 0 amide bonds. The minimum atomic E-state index is 0.726. The van der Waals surface area contributed by atoms with Crippen molar-refractivity contribution in [1.82, 2.24) is 10.2 Å². The molecular weight excluding hydrogens is 248 g/mol. The summed E-state index contributed by atoms with van der Waals surface area (Å²) in [5.74, 6) is 1.91. The van der Waals surface area contributed by atoms with Gasteiger partial charge in [0, 0.05) is 25.7 Å². The first-order valence-corrected chi connectivity index (χ1v) is 7.88. The molecule has 20 heavy (non-hydrogen) atoms. The van der Waals surface area contributed by atoms with Gasteiger partial charge in [0.05, 0.1) is 0 Å². The number of piperidine rings is 1. The molecule has 0 aromatic heterocycles. The van der Waals surface area contributed by atoms with Crippen LogP contribution in [0.15, 0.2) is 18.2 Å². The van der Waals surface area contributed by atoms with Crippen LogP contribution >= 0.6 is 0 Å². The van der Waals surface area contributed by atoms with Crippen LogP contribution in [-0.4, -0.2) is 43.7 Å². The molecule has 0 aliphatic carbocycles. The molecule has 0 unspecified atom stereocenters. The third-order valence-corrected chi connectivity index (χ3v) is 4.68. The highest BCUT2D eigenvalue weighted by molar-refractivity contribution is 5.35. The fourth-order valence-electron chi connectivity index (χ4n) is 3.47. The van der Waals surface area contributed by atoms with Gasteiger partial charge in [-0.2, -0.15) is 0 Å². The van der Waals surface area contributed by atoms with E-state index in [1.54, 1.807) is 0 Å². The van der Waals surface area contributed by atoms with Gasteiger partial charge in [0.1, 0.15) is 12.4 Å². The Morgan fingerprint density at radius 1 is 1.30 bits per heavy atom. The number of rotatable bonds is 4. The molecule has 2 aliphatic rings. The highest BCUT2D eigenvalue weighted by Gasteiger charge is 2.33. The van der Waals surface area contributed by atoms with Gasteiger partial charge in [-0.3, -0.25) is 4.90 Å². The van der Waals surface area contributed by atoms with Crippen LogP contribution in [0.4, 0.5) is 0 Å². The molecule has 1 aromatic carbocycles. The minimum absolute atomic E-state index is 0.726. The summed E-state index contributed by atoms with van der Waals surface area (Å²) in [7, 11) is 0. The van der Waals surface area contributed by atoms with Crippen molar-refractivity contribution in [2.45, 2.75) is 32.7 Å². The normalized spacial score (nSPS) is 26.5. The Labute approximate surface area is 122 Å². The summed E-state index contributed by atoms with van der Waals surface area (Å²) in [5, 5.41) is 3.65. The van der Waals surface area contributed by atoms with Crippen molar-refractivity contribution in [3.8, 4) is 5.75 Å². The molecule has 110 valence electrons. The number of benzene rings is 1. The predicted molar refractivity (Wildman–Crippen MR) is 82.4 cm³/mol. The fourth-order valence-corrected chi connectivity index (χ4v) is 3.47. The molecule has 3 rings (SSSR count). The highest BCUT2D eigenvalue weighted by atomic mass is 16.5. The lowest BCUT2D eigenvalue weighted by Gasteiger charge is -2.24. The zero-order valence-electron chi connectivity index (χ0n) is 12.7. The van der Waals surface area contributed by atoms with Gasteiger partial charge in [0.15, 0.2) is 0 Å². The van der Waals surface area contributed by atoms with Crippen LogP contribution in [0.25, 0.3) is 0 Å². The van der Waals surface area contributed by atoms with Gasteiger partial charge in [-0.15, -0.1) is 0 Å². The van der Waals surface area contributed by atoms with Crippen LogP contribution in [0.1, 0.15) is 24.0 Å². The molecule has 3 nitrogen and oxygen atoms in total. The van der Waals surface area contributed by atoms with Crippen LogP contribution in [-0.2, 0) is 0 Å². The smallest absolute Gasteiger partial charge is 0.122 e. The van der Waals surface area contributed by atoms with E-state index in [9.17, 15) is 0 Å². The van der Waals surface area contributed by atoms with Gasteiger partial charge < -0.3 is 10.1 Å². The van der Waals surface area contributed by atoms with E-state index >= 15 is 0 Å². The molecule has 1 N–H and O–H groups in total. The molecule has 0 radical (unpaired) electrons. The zero-order chi connectivity index (χ0) is 13.9. The average molecular weight is 274 g/mol. The van der Waals surface area contributed by atoms with E-state index in [-0.39, 0.29) is 0 Å². The van der Waals surface area contributed by atoms with Crippen LogP contribution in [0.5, 0.6) is 5.75 Å². The standard InChI is InChI=1S/C17H26N2O/c1-13-5-6-14(2)17(10-13)20-9-8-19-11-15-4-3-7-18-16(15)12-19/h5-6,10,15-16,18H,3-4,7-9,11-12H2,1-2H3/t15-,16+/m0/s1. The summed E-state index contributed by atoms with van der Waals surface area (Å²) in [5.41, 5.74) is 2.49. The Bertz CT molecular complexity index is 446. The lowest BCUT2D eigenvalue weighted by atomic mass is 9.94. The van der Waals surface area contributed by atoms with E-state index < -0.39 is 0 Å². The summed E-state index contributed by atoms with van der Waals surface area (Å²) in [6.45, 7) is 9.71. The molecule has 3 heteroatoms. The van der Waals surface area contributed by atoms with E-state index in [4.69, 9.17) is 4.74 Å². The lowest BCUT2D eigenvalue weighted by Crippen LogP contribution is -2.40. The molecule has 0 bridgehead atoms. The van der Waals surface area contributed by atoms with E-state index in [0.29, 0.717) is 0 Å². The Morgan fingerprint density at radius 2 is 2.20 bits per heavy atom. The first-order chi connectivity index (χ1) is 9.72. The zero-order valence-corrected chi connectivity index (χ0v) is 12.7. The first kappa shape index (κ1) is 13.9. The van der Waals surface area contributed by atoms with Crippen molar-refractivity contribution in [2.24, 2.45) is 5.92 Å². The highest BCUT2D eigenvalue weighted by Crippen LogP contribution is 2.25. The molecule has 1 aromatic rings. The van der Waals surface area contributed by atoms with Crippen molar-refractivity contribution in [3.05, 3.63) is 29.3 Å². The maximum atomic E-state index is 5.97. The largest absolute Gasteiger partial charge is 0.492 e. The first-order valence-electron chi connectivity index (χ1n) is 7.88. The second kappa shape index (κ2) is 6.15. The van der Waals surface area contributed by atoms with Gasteiger partial charge in [0.25, 0.3) is 0 Å². The van der Waals surface area contributed by atoms with E-state index in [1.165, 1.54) is 43.6 Å². The third kappa shape index (κ3) is 3.15. The van der Waals surface area contributed by atoms with Crippen LogP contribution < -0.4 is 10.1 Å². The molecule has 2 atom stereocenters. The SMILES string of the molecule is Cc1ccc(C)c(OCCN2C[C@@H]3CCCN[C@@H]3C2)c1. The number of likely N-dealkylation sites (tertiary alicyclic amines) is 1. The van der Waals surface area contributed by atoms with Crippen LogP contribution in [0.3, 0.4) is 0 Å². The van der Waals surface area contributed by atoms with Crippen LogP contribution in [0, 0.1) is 19.8 Å². The van der Waals surface area contributed by atoms with Crippen molar-refractivity contribution in [2.75, 3.05) is 32.8 Å². The second-order valence-corrected chi connectivity index (χ2v) is 6.34. The van der Waals surface area contributed by atoms with Gasteiger partial charge >= 0.3 is 0 Å². The van der Waals surface area contributed by atoms with Gasteiger partial charge in [0.2, 0.25) is 0 Å². The molecule has 0 saturated carbocycles. The summed E-state index contributed by atoms with van der Waals surface area (Å²) >= 11 is 0. The minimum Gasteiger partial charge on any atom is -0.492 e. The van der Waals surface area contributed by atoms with Gasteiger partial charge in [-0.1, -0.05) is 12.1 Å². The summed E-state index contributed by atoms with van der Waals surface area (Å²) in [6.07, 6.45) is 2.74. The fraction of sp³-hybridized carbons (Fsp3) is 0.647. The van der Waals surface area contributed by atoms with E-state index in [1.807, 2.05) is 0 Å². The number of nitrogens with zero attached hydrogens (tertiary/aromatic N) is 1. The topological polar surface area (TPSA) is 24.5 Å². The van der Waals surface area contributed by atoms with Crippen molar-refractivity contribution in [1.29, 1.82) is 0 Å². The Morgan fingerprint density at radius 3 is 3.05 bits per heavy atom. The number of hydrogen-bond donors (Lipinski definition) is 1. The van der Waals surface area contributed by atoms with Gasteiger partial charge in [-0.25, -0.2) is 0 Å². The lowest BCUT2D eigenvalue weighted by molar-refractivity contribution is 0.231. The van der Waals surface area contributed by atoms with Gasteiger partial charge in [-0.05, 0) is 56.3 Å². The predicted octanol–water partition coefficient (Wildman–Crippen LogP) is 2.37. The van der Waals surface area contributed by atoms with Crippen LogP contribution in [0.2, 0.25) is 0 Å².